The summed E-state index contributed by atoms with van der Waals surface area (Å²) in [6.45, 7) is 1.19. The second-order valence-corrected chi connectivity index (χ2v) is 7.66. The van der Waals surface area contributed by atoms with Gasteiger partial charge in [-0.25, -0.2) is 13.4 Å². The van der Waals surface area contributed by atoms with Gasteiger partial charge < -0.3 is 9.47 Å². The molecule has 8 heteroatoms. The maximum absolute atomic E-state index is 12.3. The lowest BCUT2D eigenvalue weighted by Gasteiger charge is -2.20. The van der Waals surface area contributed by atoms with E-state index < -0.39 is 9.84 Å². The van der Waals surface area contributed by atoms with Crippen molar-refractivity contribution in [3.05, 3.63) is 42.0 Å². The Labute approximate surface area is 144 Å². The lowest BCUT2D eigenvalue weighted by atomic mass is 9.98. The number of hydrogen-bond acceptors (Lipinski definition) is 7. The maximum atomic E-state index is 12.3. The molecule has 0 unspecified atom stereocenters. The smallest absolute Gasteiger partial charge is 0.180 e. The molecular formula is C17H15N3O4S. The molecule has 0 aromatic heterocycles. The number of azo groups is 1. The van der Waals surface area contributed by atoms with Gasteiger partial charge in [0.2, 0.25) is 0 Å². The Morgan fingerprint density at radius 2 is 1.84 bits per heavy atom. The zero-order chi connectivity index (χ0) is 17.4. The van der Waals surface area contributed by atoms with Crippen LogP contribution in [0.3, 0.4) is 0 Å². The quantitative estimate of drug-likeness (QED) is 0.845. The van der Waals surface area contributed by atoms with Crippen molar-refractivity contribution in [3.8, 4) is 22.6 Å². The summed E-state index contributed by atoms with van der Waals surface area (Å²) in [5, 5.41) is 7.86. The highest BCUT2D eigenvalue weighted by Crippen LogP contribution is 2.37. The molecule has 0 spiro atoms. The molecule has 0 N–H and O–H groups in total. The molecule has 2 heterocycles. The Bertz CT molecular complexity index is 1010. The van der Waals surface area contributed by atoms with Crippen LogP contribution >= 0.6 is 0 Å². The highest BCUT2D eigenvalue weighted by Gasteiger charge is 2.24. The van der Waals surface area contributed by atoms with Crippen molar-refractivity contribution >= 4 is 15.7 Å². The van der Waals surface area contributed by atoms with Gasteiger partial charge in [-0.3, -0.25) is 0 Å². The van der Waals surface area contributed by atoms with Crippen molar-refractivity contribution in [2.45, 2.75) is 4.90 Å². The molecule has 0 saturated carbocycles. The number of fused-ring (bicyclic) bond motifs is 1. The van der Waals surface area contributed by atoms with Crippen molar-refractivity contribution < 1.29 is 17.9 Å². The van der Waals surface area contributed by atoms with Crippen LogP contribution in [0, 0.1) is 0 Å². The molecule has 4 rings (SSSR count). The first kappa shape index (κ1) is 15.8. The summed E-state index contributed by atoms with van der Waals surface area (Å²) < 4.78 is 35.7. The molecule has 7 nitrogen and oxygen atoms in total. The number of amidine groups is 1. The number of hydrogen-bond donors (Lipinski definition) is 0. The Kier molecular flexibility index (Phi) is 3.76. The Balaban J connectivity index is 1.95. The number of aliphatic imine (C=N–C) groups is 1. The fourth-order valence-electron chi connectivity index (χ4n) is 2.88. The molecule has 0 fully saturated rings. The molecule has 2 aliphatic heterocycles. The van der Waals surface area contributed by atoms with Crippen LogP contribution in [0.1, 0.15) is 5.56 Å². The molecule has 0 radical (unpaired) electrons. The molecule has 0 saturated heterocycles. The molecule has 2 aliphatic rings. The number of sulfone groups is 1. The van der Waals surface area contributed by atoms with Crippen LogP contribution in [0.25, 0.3) is 11.1 Å². The third-order valence-electron chi connectivity index (χ3n) is 3.95. The summed E-state index contributed by atoms with van der Waals surface area (Å²) in [7, 11) is -3.46. The number of rotatable bonds is 3. The Morgan fingerprint density at radius 1 is 1.04 bits per heavy atom. The number of benzene rings is 2. The van der Waals surface area contributed by atoms with E-state index in [0.717, 1.165) is 5.56 Å². The fraction of sp³-hybridized carbons (Fsp3) is 0.235. The van der Waals surface area contributed by atoms with Crippen molar-refractivity contribution in [3.63, 3.8) is 0 Å². The predicted octanol–water partition coefficient (Wildman–Crippen LogP) is 2.70. The monoisotopic (exact) mass is 357 g/mol. The van der Waals surface area contributed by atoms with E-state index in [2.05, 4.69) is 15.2 Å². The van der Waals surface area contributed by atoms with Crippen LogP contribution < -0.4 is 9.47 Å². The van der Waals surface area contributed by atoms with Gasteiger partial charge in [0.05, 0.1) is 4.90 Å². The maximum Gasteiger partial charge on any atom is 0.180 e. The summed E-state index contributed by atoms with van der Waals surface area (Å²) in [6.07, 6.45) is 1.17. The Hall–Kier alpha value is -2.74. The van der Waals surface area contributed by atoms with Gasteiger partial charge in [-0.15, -0.1) is 5.11 Å². The van der Waals surface area contributed by atoms with Gasteiger partial charge in [-0.1, -0.05) is 18.2 Å². The van der Waals surface area contributed by atoms with E-state index >= 15 is 0 Å². The zero-order valence-corrected chi connectivity index (χ0v) is 14.3. The molecule has 0 amide bonds. The van der Waals surface area contributed by atoms with E-state index in [0.29, 0.717) is 41.7 Å². The van der Waals surface area contributed by atoms with E-state index in [1.807, 2.05) is 24.3 Å². The topological polar surface area (TPSA) is 89.7 Å². The predicted molar refractivity (Wildman–Crippen MR) is 92.2 cm³/mol. The first-order valence-electron chi connectivity index (χ1n) is 7.69. The summed E-state index contributed by atoms with van der Waals surface area (Å²) in [4.78, 5) is 4.40. The number of nitrogens with zero attached hydrogens (tertiary/aromatic N) is 3. The van der Waals surface area contributed by atoms with Crippen LogP contribution in [-0.4, -0.2) is 40.4 Å². The van der Waals surface area contributed by atoms with Gasteiger partial charge in [0, 0.05) is 11.8 Å². The highest BCUT2D eigenvalue weighted by molar-refractivity contribution is 7.90. The SMILES string of the molecule is CS(=O)(=O)c1cccc(-c2ccc3c(c2)OCCO3)c1C1=NCN=N1. The highest BCUT2D eigenvalue weighted by atomic mass is 32.2. The molecule has 0 bridgehead atoms. The van der Waals surface area contributed by atoms with Crippen LogP contribution in [0.15, 0.2) is 56.5 Å². The molecule has 0 atom stereocenters. The molecule has 128 valence electrons. The third kappa shape index (κ3) is 2.89. The first-order valence-corrected chi connectivity index (χ1v) is 9.58. The van der Waals surface area contributed by atoms with Gasteiger partial charge in [-0.05, 0) is 29.3 Å². The van der Waals surface area contributed by atoms with Crippen molar-refractivity contribution in [1.82, 2.24) is 0 Å². The van der Waals surface area contributed by atoms with Gasteiger partial charge in [0.15, 0.2) is 33.8 Å². The number of ether oxygens (including phenoxy) is 2. The standard InChI is InChI=1S/C17H15N3O4S/c1-25(21,22)15-4-2-3-12(16(15)17-18-10-19-20-17)11-5-6-13-14(9-11)24-8-7-23-13/h2-6,9H,7-8,10H2,1H3. The van der Waals surface area contributed by atoms with E-state index in [4.69, 9.17) is 9.47 Å². The summed E-state index contributed by atoms with van der Waals surface area (Å²) in [5.41, 5.74) is 1.97. The van der Waals surface area contributed by atoms with Crippen LogP contribution in [-0.2, 0) is 9.84 Å². The lowest BCUT2D eigenvalue weighted by molar-refractivity contribution is 0.171. The molecule has 2 aromatic carbocycles. The molecule has 25 heavy (non-hydrogen) atoms. The minimum absolute atomic E-state index is 0.180. The van der Waals surface area contributed by atoms with E-state index in [1.54, 1.807) is 12.1 Å². The summed E-state index contributed by atoms with van der Waals surface area (Å²) >= 11 is 0. The fourth-order valence-corrected chi connectivity index (χ4v) is 3.78. The van der Waals surface area contributed by atoms with Gasteiger partial charge in [0.1, 0.15) is 13.2 Å². The largest absolute Gasteiger partial charge is 0.486 e. The minimum Gasteiger partial charge on any atom is -0.486 e. The minimum atomic E-state index is -3.46. The second kappa shape index (κ2) is 5.96. The van der Waals surface area contributed by atoms with E-state index in [-0.39, 0.29) is 11.6 Å². The summed E-state index contributed by atoms with van der Waals surface area (Å²) in [6, 6.07) is 10.6. The first-order chi connectivity index (χ1) is 12.0. The summed E-state index contributed by atoms with van der Waals surface area (Å²) in [5.74, 6) is 1.63. The van der Waals surface area contributed by atoms with Gasteiger partial charge in [0.25, 0.3) is 0 Å². The van der Waals surface area contributed by atoms with Crippen molar-refractivity contribution in [2.24, 2.45) is 15.2 Å². The third-order valence-corrected chi connectivity index (χ3v) is 5.09. The second-order valence-electron chi connectivity index (χ2n) is 5.67. The zero-order valence-electron chi connectivity index (χ0n) is 13.5. The lowest BCUT2D eigenvalue weighted by Crippen LogP contribution is -2.15. The van der Waals surface area contributed by atoms with E-state index in [1.165, 1.54) is 6.26 Å². The van der Waals surface area contributed by atoms with Gasteiger partial charge in [-0.2, -0.15) is 5.11 Å². The van der Waals surface area contributed by atoms with Crippen LogP contribution in [0.4, 0.5) is 0 Å². The van der Waals surface area contributed by atoms with Crippen molar-refractivity contribution in [1.29, 1.82) is 0 Å². The average Bonchev–Trinajstić information content (AvgIpc) is 3.14. The molecular weight excluding hydrogens is 342 g/mol. The van der Waals surface area contributed by atoms with Crippen molar-refractivity contribution in [2.75, 3.05) is 26.1 Å². The van der Waals surface area contributed by atoms with Crippen LogP contribution in [0.2, 0.25) is 0 Å². The van der Waals surface area contributed by atoms with Crippen LogP contribution in [0.5, 0.6) is 11.5 Å². The normalized spacial score (nSPS) is 16.0. The average molecular weight is 357 g/mol. The van der Waals surface area contributed by atoms with E-state index in [9.17, 15) is 8.42 Å². The van der Waals surface area contributed by atoms with Gasteiger partial charge >= 0.3 is 0 Å². The molecule has 2 aromatic rings. The Morgan fingerprint density at radius 3 is 2.56 bits per heavy atom. The molecule has 0 aliphatic carbocycles.